The number of aryl methyl sites for hydroxylation is 1. The molecular formula is C17H30N4O. The predicted molar refractivity (Wildman–Crippen MR) is 88.8 cm³/mol. The van der Waals surface area contributed by atoms with Crippen molar-refractivity contribution in [3.05, 3.63) is 17.5 Å². The number of hydrogen-bond donors (Lipinski definition) is 2. The molecule has 1 aliphatic rings. The Bertz CT molecular complexity index is 449. The van der Waals surface area contributed by atoms with Gasteiger partial charge < -0.3 is 10.2 Å². The Morgan fingerprint density at radius 3 is 2.64 bits per heavy atom. The summed E-state index contributed by atoms with van der Waals surface area (Å²) in [6.07, 6.45) is 7.97. The van der Waals surface area contributed by atoms with E-state index in [0.29, 0.717) is 6.42 Å². The maximum atomic E-state index is 12.1. The summed E-state index contributed by atoms with van der Waals surface area (Å²) in [6, 6.07) is 2.16. The van der Waals surface area contributed by atoms with Crippen LogP contribution in [0.1, 0.15) is 56.8 Å². The number of H-pyrrole nitrogens is 1. The SMILES string of the molecule is Cc1cc(CC(C)NC(=O)CCN2CCCCCCC2)n[nH]1. The van der Waals surface area contributed by atoms with Crippen LogP contribution >= 0.6 is 0 Å². The van der Waals surface area contributed by atoms with Gasteiger partial charge in [-0.3, -0.25) is 9.89 Å². The molecule has 5 nitrogen and oxygen atoms in total. The van der Waals surface area contributed by atoms with E-state index in [1.165, 1.54) is 32.1 Å². The van der Waals surface area contributed by atoms with Gasteiger partial charge in [-0.15, -0.1) is 0 Å². The Balaban J connectivity index is 1.65. The highest BCUT2D eigenvalue weighted by molar-refractivity contribution is 5.76. The van der Waals surface area contributed by atoms with Crippen molar-refractivity contribution in [3.8, 4) is 0 Å². The lowest BCUT2D eigenvalue weighted by Crippen LogP contribution is -2.37. The zero-order chi connectivity index (χ0) is 15.8. The number of aromatic nitrogens is 2. The van der Waals surface area contributed by atoms with E-state index in [0.717, 1.165) is 37.4 Å². The average Bonchev–Trinajstić information content (AvgIpc) is 2.82. The van der Waals surface area contributed by atoms with E-state index in [9.17, 15) is 4.79 Å². The third-order valence-electron chi connectivity index (χ3n) is 4.29. The molecule has 1 fully saturated rings. The van der Waals surface area contributed by atoms with Crippen LogP contribution in [0.5, 0.6) is 0 Å². The summed E-state index contributed by atoms with van der Waals surface area (Å²) in [5.41, 5.74) is 2.07. The molecule has 5 heteroatoms. The van der Waals surface area contributed by atoms with Crippen LogP contribution in [0.2, 0.25) is 0 Å². The molecule has 2 heterocycles. The second-order valence-electron chi connectivity index (χ2n) is 6.57. The molecule has 22 heavy (non-hydrogen) atoms. The zero-order valence-corrected chi connectivity index (χ0v) is 14.0. The van der Waals surface area contributed by atoms with Crippen LogP contribution in [0.4, 0.5) is 0 Å². The van der Waals surface area contributed by atoms with Crippen LogP contribution in [-0.2, 0) is 11.2 Å². The van der Waals surface area contributed by atoms with Gasteiger partial charge >= 0.3 is 0 Å². The van der Waals surface area contributed by atoms with Gasteiger partial charge in [-0.05, 0) is 45.8 Å². The van der Waals surface area contributed by atoms with E-state index < -0.39 is 0 Å². The van der Waals surface area contributed by atoms with E-state index in [2.05, 4.69) is 20.4 Å². The molecule has 0 aromatic carbocycles. The second-order valence-corrected chi connectivity index (χ2v) is 6.57. The molecule has 0 bridgehead atoms. The Kier molecular flexibility index (Phi) is 6.90. The van der Waals surface area contributed by atoms with E-state index in [-0.39, 0.29) is 11.9 Å². The summed E-state index contributed by atoms with van der Waals surface area (Å²) in [5, 5.41) is 10.2. The van der Waals surface area contributed by atoms with Crippen molar-refractivity contribution in [2.45, 2.75) is 64.8 Å². The minimum atomic E-state index is 0.127. The van der Waals surface area contributed by atoms with Gasteiger partial charge in [-0.25, -0.2) is 0 Å². The van der Waals surface area contributed by atoms with E-state index in [1.807, 2.05) is 19.9 Å². The van der Waals surface area contributed by atoms with Crippen molar-refractivity contribution in [2.75, 3.05) is 19.6 Å². The molecule has 1 amide bonds. The van der Waals surface area contributed by atoms with Gasteiger partial charge in [0.15, 0.2) is 0 Å². The molecule has 1 aromatic heterocycles. The molecule has 124 valence electrons. The first-order valence-electron chi connectivity index (χ1n) is 8.66. The molecule has 1 saturated heterocycles. The first-order chi connectivity index (χ1) is 10.6. The Morgan fingerprint density at radius 1 is 1.32 bits per heavy atom. The summed E-state index contributed by atoms with van der Waals surface area (Å²) in [6.45, 7) is 7.21. The minimum absolute atomic E-state index is 0.127. The number of carbonyl (C=O) groups is 1. The first kappa shape index (κ1) is 17.0. The number of nitrogens with zero attached hydrogens (tertiary/aromatic N) is 2. The summed E-state index contributed by atoms with van der Waals surface area (Å²) >= 11 is 0. The normalized spacial score (nSPS) is 18.5. The number of likely N-dealkylation sites (tertiary alicyclic amines) is 1. The molecule has 1 aromatic rings. The quantitative estimate of drug-likeness (QED) is 0.848. The summed E-state index contributed by atoms with van der Waals surface area (Å²) in [5.74, 6) is 0.154. The second kappa shape index (κ2) is 8.93. The number of hydrogen-bond acceptors (Lipinski definition) is 3. The van der Waals surface area contributed by atoms with E-state index in [1.54, 1.807) is 0 Å². The Labute approximate surface area is 133 Å². The lowest BCUT2D eigenvalue weighted by molar-refractivity contribution is -0.122. The molecule has 1 unspecified atom stereocenters. The third-order valence-corrected chi connectivity index (χ3v) is 4.29. The highest BCUT2D eigenvalue weighted by Gasteiger charge is 2.13. The van der Waals surface area contributed by atoms with Gasteiger partial charge in [-0.1, -0.05) is 19.3 Å². The van der Waals surface area contributed by atoms with Crippen molar-refractivity contribution in [1.82, 2.24) is 20.4 Å². The van der Waals surface area contributed by atoms with Crippen LogP contribution < -0.4 is 5.32 Å². The highest BCUT2D eigenvalue weighted by atomic mass is 16.1. The summed E-state index contributed by atoms with van der Waals surface area (Å²) in [4.78, 5) is 14.5. The molecule has 2 rings (SSSR count). The predicted octanol–water partition coefficient (Wildman–Crippen LogP) is 2.42. The maximum Gasteiger partial charge on any atom is 0.221 e. The van der Waals surface area contributed by atoms with Gasteiger partial charge in [0.25, 0.3) is 0 Å². The highest BCUT2D eigenvalue weighted by Crippen LogP contribution is 2.10. The van der Waals surface area contributed by atoms with Crippen molar-refractivity contribution < 1.29 is 4.79 Å². The zero-order valence-electron chi connectivity index (χ0n) is 14.0. The molecule has 0 aliphatic carbocycles. The van der Waals surface area contributed by atoms with Gasteiger partial charge in [0, 0.05) is 31.1 Å². The van der Waals surface area contributed by atoms with Crippen LogP contribution in [0.25, 0.3) is 0 Å². The van der Waals surface area contributed by atoms with Crippen molar-refractivity contribution in [1.29, 1.82) is 0 Å². The molecule has 0 radical (unpaired) electrons. The number of nitrogens with one attached hydrogen (secondary N) is 2. The monoisotopic (exact) mass is 306 g/mol. The molecular weight excluding hydrogens is 276 g/mol. The molecule has 2 N–H and O–H groups in total. The van der Waals surface area contributed by atoms with Crippen LogP contribution in [0, 0.1) is 6.92 Å². The van der Waals surface area contributed by atoms with E-state index in [4.69, 9.17) is 0 Å². The fraction of sp³-hybridized carbons (Fsp3) is 0.765. The first-order valence-corrected chi connectivity index (χ1v) is 8.66. The lowest BCUT2D eigenvalue weighted by atomic mass is 10.1. The molecule has 0 spiro atoms. The van der Waals surface area contributed by atoms with Crippen molar-refractivity contribution >= 4 is 5.91 Å². The standard InChI is InChI=1S/C17H30N4O/c1-14(12-16-13-15(2)19-20-16)18-17(22)8-11-21-9-6-4-3-5-7-10-21/h13-14H,3-12H2,1-2H3,(H,18,22)(H,19,20). The third kappa shape index (κ3) is 6.18. The number of carbonyl (C=O) groups excluding carboxylic acids is 1. The van der Waals surface area contributed by atoms with Crippen LogP contribution in [0.3, 0.4) is 0 Å². The van der Waals surface area contributed by atoms with Crippen LogP contribution in [0.15, 0.2) is 6.07 Å². The largest absolute Gasteiger partial charge is 0.353 e. The number of rotatable bonds is 6. The molecule has 1 aliphatic heterocycles. The fourth-order valence-corrected chi connectivity index (χ4v) is 3.09. The number of aromatic amines is 1. The van der Waals surface area contributed by atoms with Crippen molar-refractivity contribution in [3.63, 3.8) is 0 Å². The van der Waals surface area contributed by atoms with Crippen LogP contribution in [-0.4, -0.2) is 46.7 Å². The van der Waals surface area contributed by atoms with Gasteiger partial charge in [-0.2, -0.15) is 5.10 Å². The molecule has 1 atom stereocenters. The lowest BCUT2D eigenvalue weighted by Gasteiger charge is -2.24. The average molecular weight is 306 g/mol. The Hall–Kier alpha value is -1.36. The smallest absolute Gasteiger partial charge is 0.221 e. The van der Waals surface area contributed by atoms with Gasteiger partial charge in [0.05, 0.1) is 5.69 Å². The summed E-state index contributed by atoms with van der Waals surface area (Å²) in [7, 11) is 0. The van der Waals surface area contributed by atoms with Gasteiger partial charge in [0.1, 0.15) is 0 Å². The number of amides is 1. The Morgan fingerprint density at radius 2 is 2.00 bits per heavy atom. The van der Waals surface area contributed by atoms with Gasteiger partial charge in [0.2, 0.25) is 5.91 Å². The van der Waals surface area contributed by atoms with E-state index >= 15 is 0 Å². The maximum absolute atomic E-state index is 12.1. The minimum Gasteiger partial charge on any atom is -0.353 e. The van der Waals surface area contributed by atoms with Crippen molar-refractivity contribution in [2.24, 2.45) is 0 Å². The fourth-order valence-electron chi connectivity index (χ4n) is 3.09. The molecule has 0 saturated carbocycles. The summed E-state index contributed by atoms with van der Waals surface area (Å²) < 4.78 is 0. The topological polar surface area (TPSA) is 61.0 Å².